The molecule has 0 spiro atoms. The third kappa shape index (κ3) is 4.71. The van der Waals surface area contributed by atoms with E-state index in [1.54, 1.807) is 4.90 Å². The van der Waals surface area contributed by atoms with E-state index in [0.717, 1.165) is 34.5 Å². The number of ether oxygens (including phenoxy) is 1. The summed E-state index contributed by atoms with van der Waals surface area (Å²) in [5.41, 5.74) is -0.652. The van der Waals surface area contributed by atoms with E-state index in [0.29, 0.717) is 6.42 Å². The van der Waals surface area contributed by atoms with Crippen molar-refractivity contribution in [3.05, 3.63) is 89.5 Å². The highest BCUT2D eigenvalue weighted by atomic mass is 19.4. The molecule has 200 valence electrons. The fraction of sp³-hybridized carbons (Fsp3) is 0.259. The van der Waals surface area contributed by atoms with Gasteiger partial charge in [0, 0.05) is 25.1 Å². The SMILES string of the molecule is O=C(c1cn2nc(-c3ccc(F)cc3)cc(C(F)(F)F)c2n1)N1CCN2C(=O)C(Cc3ccccc3)O[C@H]2C1. The highest BCUT2D eigenvalue weighted by molar-refractivity contribution is 5.93. The highest BCUT2D eigenvalue weighted by Crippen LogP contribution is 2.34. The first kappa shape index (κ1) is 25.0. The van der Waals surface area contributed by atoms with Crippen LogP contribution in [-0.4, -0.2) is 68.2 Å². The number of piperazine rings is 1. The zero-order valence-electron chi connectivity index (χ0n) is 20.3. The maximum Gasteiger partial charge on any atom is 0.420 e. The number of nitrogens with zero attached hydrogens (tertiary/aromatic N) is 5. The monoisotopic (exact) mass is 539 g/mol. The molecule has 2 amide bonds. The summed E-state index contributed by atoms with van der Waals surface area (Å²) < 4.78 is 62.0. The molecular weight excluding hydrogens is 518 g/mol. The van der Waals surface area contributed by atoms with Gasteiger partial charge in [0.25, 0.3) is 11.8 Å². The van der Waals surface area contributed by atoms with Crippen LogP contribution in [0.25, 0.3) is 16.9 Å². The molecule has 2 fully saturated rings. The molecule has 0 radical (unpaired) electrons. The molecule has 12 heteroatoms. The number of carbonyl (C=O) groups excluding carboxylic acids is 2. The summed E-state index contributed by atoms with van der Waals surface area (Å²) in [6.07, 6.45) is -4.57. The molecule has 8 nitrogen and oxygen atoms in total. The summed E-state index contributed by atoms with van der Waals surface area (Å²) in [5.74, 6) is -1.29. The average molecular weight is 539 g/mol. The molecule has 2 aromatic heterocycles. The van der Waals surface area contributed by atoms with Gasteiger partial charge in [-0.1, -0.05) is 30.3 Å². The van der Waals surface area contributed by atoms with Crippen LogP contribution in [0.2, 0.25) is 0 Å². The summed E-state index contributed by atoms with van der Waals surface area (Å²) in [5, 5.41) is 4.19. The van der Waals surface area contributed by atoms with Crippen molar-refractivity contribution in [2.75, 3.05) is 19.6 Å². The fourth-order valence-electron chi connectivity index (χ4n) is 4.91. The van der Waals surface area contributed by atoms with Crippen molar-refractivity contribution < 1.29 is 31.9 Å². The Morgan fingerprint density at radius 2 is 1.79 bits per heavy atom. The maximum atomic E-state index is 13.9. The maximum absolute atomic E-state index is 13.9. The lowest BCUT2D eigenvalue weighted by molar-refractivity contribution is -0.136. The predicted octanol–water partition coefficient (Wildman–Crippen LogP) is 3.81. The molecule has 1 unspecified atom stereocenters. The standard InChI is InChI=1S/C27H21F4N5O3/c28-18-8-6-17(7-9-18)20-13-19(27(29,30)31)24-32-21(14-36(24)33-20)25(37)34-10-11-35-23(15-34)39-22(26(35)38)12-16-4-2-1-3-5-16/h1-9,13-14,22-23H,10-12,15H2/t22?,23-/m0/s1. The number of hydrogen-bond donors (Lipinski definition) is 0. The second-order valence-corrected chi connectivity index (χ2v) is 9.39. The summed E-state index contributed by atoms with van der Waals surface area (Å²) >= 11 is 0. The quantitative estimate of drug-likeness (QED) is 0.369. The fourth-order valence-corrected chi connectivity index (χ4v) is 4.91. The van der Waals surface area contributed by atoms with Crippen LogP contribution < -0.4 is 0 Å². The van der Waals surface area contributed by atoms with Crippen molar-refractivity contribution in [3.8, 4) is 11.3 Å². The third-order valence-electron chi connectivity index (χ3n) is 6.86. The minimum Gasteiger partial charge on any atom is -0.343 e. The van der Waals surface area contributed by atoms with Crippen LogP contribution in [-0.2, 0) is 22.1 Å². The van der Waals surface area contributed by atoms with Gasteiger partial charge in [-0.2, -0.15) is 18.3 Å². The van der Waals surface area contributed by atoms with Crippen LogP contribution in [0.5, 0.6) is 0 Å². The van der Waals surface area contributed by atoms with E-state index < -0.39 is 41.4 Å². The molecule has 2 aliphatic rings. The van der Waals surface area contributed by atoms with E-state index in [4.69, 9.17) is 4.74 Å². The van der Waals surface area contributed by atoms with Crippen molar-refractivity contribution in [1.82, 2.24) is 24.4 Å². The predicted molar refractivity (Wildman–Crippen MR) is 130 cm³/mol. The van der Waals surface area contributed by atoms with E-state index in [-0.39, 0.29) is 42.5 Å². The van der Waals surface area contributed by atoms with Gasteiger partial charge < -0.3 is 14.5 Å². The zero-order valence-corrected chi connectivity index (χ0v) is 20.3. The summed E-state index contributed by atoms with van der Waals surface area (Å²) in [4.78, 5) is 33.1. The number of benzene rings is 2. The van der Waals surface area contributed by atoms with Crippen LogP contribution in [0.4, 0.5) is 17.6 Å². The number of carbonyl (C=O) groups is 2. The summed E-state index contributed by atoms with van der Waals surface area (Å²) in [7, 11) is 0. The van der Waals surface area contributed by atoms with Gasteiger partial charge in [0.2, 0.25) is 0 Å². The van der Waals surface area contributed by atoms with Crippen LogP contribution in [0, 0.1) is 5.82 Å². The minimum absolute atomic E-state index is 0.0536. The van der Waals surface area contributed by atoms with E-state index in [9.17, 15) is 27.2 Å². The number of rotatable bonds is 4. The molecule has 39 heavy (non-hydrogen) atoms. The Hall–Kier alpha value is -4.32. The van der Waals surface area contributed by atoms with Crippen molar-refractivity contribution in [1.29, 1.82) is 0 Å². The molecule has 2 aliphatic heterocycles. The number of halogens is 4. The van der Waals surface area contributed by atoms with Gasteiger partial charge in [-0.05, 0) is 35.9 Å². The summed E-state index contributed by atoms with van der Waals surface area (Å²) in [6.45, 7) is 0.468. The molecular formula is C27H21F4N5O3. The van der Waals surface area contributed by atoms with E-state index in [2.05, 4.69) is 10.1 Å². The Kier molecular flexibility index (Phi) is 6.06. The number of imidazole rings is 1. The Morgan fingerprint density at radius 1 is 1.05 bits per heavy atom. The average Bonchev–Trinajstić information content (AvgIpc) is 3.48. The van der Waals surface area contributed by atoms with Gasteiger partial charge in [0.1, 0.15) is 23.2 Å². The van der Waals surface area contributed by atoms with E-state index in [1.807, 2.05) is 30.3 Å². The topological polar surface area (TPSA) is 80.0 Å². The van der Waals surface area contributed by atoms with E-state index in [1.165, 1.54) is 17.0 Å². The van der Waals surface area contributed by atoms with Crippen molar-refractivity contribution in [2.24, 2.45) is 0 Å². The van der Waals surface area contributed by atoms with E-state index >= 15 is 0 Å². The molecule has 6 rings (SSSR count). The first-order valence-electron chi connectivity index (χ1n) is 12.2. The Morgan fingerprint density at radius 3 is 2.51 bits per heavy atom. The number of hydrogen-bond acceptors (Lipinski definition) is 5. The van der Waals surface area contributed by atoms with Crippen molar-refractivity contribution in [3.63, 3.8) is 0 Å². The molecule has 0 N–H and O–H groups in total. The van der Waals surface area contributed by atoms with Crippen LogP contribution >= 0.6 is 0 Å². The van der Waals surface area contributed by atoms with Gasteiger partial charge in [-0.3, -0.25) is 9.59 Å². The Balaban J connectivity index is 1.25. The smallest absolute Gasteiger partial charge is 0.343 e. The number of alkyl halides is 3. The lowest BCUT2D eigenvalue weighted by Crippen LogP contribution is -2.53. The second-order valence-electron chi connectivity index (χ2n) is 9.39. The minimum atomic E-state index is -4.78. The van der Waals surface area contributed by atoms with Crippen molar-refractivity contribution >= 4 is 17.5 Å². The molecule has 0 aliphatic carbocycles. The van der Waals surface area contributed by atoms with Gasteiger partial charge >= 0.3 is 6.18 Å². The van der Waals surface area contributed by atoms with Gasteiger partial charge in [-0.15, -0.1) is 0 Å². The Bertz CT molecular complexity index is 1560. The normalized spacial score (nSPS) is 19.5. The number of fused-ring (bicyclic) bond motifs is 2. The molecule has 2 saturated heterocycles. The lowest BCUT2D eigenvalue weighted by atomic mass is 10.1. The van der Waals surface area contributed by atoms with Crippen LogP contribution in [0.3, 0.4) is 0 Å². The molecule has 4 heterocycles. The lowest BCUT2D eigenvalue weighted by Gasteiger charge is -2.35. The number of amides is 2. The zero-order chi connectivity index (χ0) is 27.3. The van der Waals surface area contributed by atoms with Gasteiger partial charge in [-0.25, -0.2) is 13.9 Å². The number of aromatic nitrogens is 3. The second kappa shape index (κ2) is 9.45. The molecule has 4 aromatic rings. The van der Waals surface area contributed by atoms with Gasteiger partial charge in [0.05, 0.1) is 18.4 Å². The first-order chi connectivity index (χ1) is 18.7. The Labute approximate surface area is 219 Å². The highest BCUT2D eigenvalue weighted by Gasteiger charge is 2.44. The van der Waals surface area contributed by atoms with Crippen molar-refractivity contribution in [2.45, 2.75) is 24.9 Å². The van der Waals surface area contributed by atoms with Crippen LogP contribution in [0.1, 0.15) is 21.6 Å². The summed E-state index contributed by atoms with van der Waals surface area (Å²) in [6, 6.07) is 15.1. The molecule has 2 atom stereocenters. The molecule has 0 saturated carbocycles. The van der Waals surface area contributed by atoms with Gasteiger partial charge in [0.15, 0.2) is 11.9 Å². The molecule has 0 bridgehead atoms. The molecule has 2 aromatic carbocycles. The first-order valence-corrected chi connectivity index (χ1v) is 12.2. The van der Waals surface area contributed by atoms with Crippen LogP contribution in [0.15, 0.2) is 66.9 Å². The third-order valence-corrected chi connectivity index (χ3v) is 6.86. The largest absolute Gasteiger partial charge is 0.420 e.